The molecule has 2 heterocycles. The van der Waals surface area contributed by atoms with E-state index >= 15 is 0 Å². The maximum absolute atomic E-state index is 13.9. The van der Waals surface area contributed by atoms with E-state index in [1.54, 1.807) is 18.0 Å². The van der Waals surface area contributed by atoms with Gasteiger partial charge in [0.25, 0.3) is 0 Å². The van der Waals surface area contributed by atoms with Gasteiger partial charge in [-0.1, -0.05) is 18.2 Å². The fourth-order valence-corrected chi connectivity index (χ4v) is 5.40. The summed E-state index contributed by atoms with van der Waals surface area (Å²) >= 11 is 1.57. The molecule has 1 saturated heterocycles. The number of aliphatic carboxylic acids is 1. The van der Waals surface area contributed by atoms with E-state index in [1.165, 1.54) is 4.90 Å². The Morgan fingerprint density at radius 1 is 1.17 bits per heavy atom. The van der Waals surface area contributed by atoms with Crippen molar-refractivity contribution in [1.82, 2.24) is 20.5 Å². The lowest BCUT2D eigenvalue weighted by atomic mass is 10.0. The second-order valence-corrected chi connectivity index (χ2v) is 11.0. The van der Waals surface area contributed by atoms with Crippen LogP contribution in [0.25, 0.3) is 10.9 Å². The number of aromatic nitrogens is 1. The number of amides is 3. The molecule has 41 heavy (non-hydrogen) atoms. The Morgan fingerprint density at radius 2 is 1.93 bits per heavy atom. The molecule has 1 aliphatic heterocycles. The topological polar surface area (TPSA) is 222 Å². The second kappa shape index (κ2) is 15.3. The average Bonchev–Trinajstić information content (AvgIpc) is 3.60. The van der Waals surface area contributed by atoms with E-state index in [0.29, 0.717) is 38.0 Å². The number of thioether (sulfide) groups is 1. The van der Waals surface area contributed by atoms with Crippen LogP contribution < -0.4 is 27.8 Å². The zero-order valence-electron chi connectivity index (χ0n) is 23.2. The molecule has 1 aromatic carbocycles. The maximum atomic E-state index is 13.9. The first-order chi connectivity index (χ1) is 19.6. The third-order valence-electron chi connectivity index (χ3n) is 7.08. The predicted molar refractivity (Wildman–Crippen MR) is 159 cm³/mol. The molecule has 13 nitrogen and oxygen atoms in total. The van der Waals surface area contributed by atoms with Crippen LogP contribution in [0.1, 0.15) is 37.7 Å². The number of likely N-dealkylation sites (tertiary alicyclic amines) is 1. The highest BCUT2D eigenvalue weighted by atomic mass is 32.2. The van der Waals surface area contributed by atoms with Crippen LogP contribution in [0, 0.1) is 0 Å². The summed E-state index contributed by atoms with van der Waals surface area (Å²) in [6, 6.07) is 3.86. The first-order valence-electron chi connectivity index (χ1n) is 13.6. The molecule has 1 fully saturated rings. The number of carbonyl (C=O) groups is 4. The van der Waals surface area contributed by atoms with Crippen molar-refractivity contribution in [3.8, 4) is 0 Å². The summed E-state index contributed by atoms with van der Waals surface area (Å²) in [5, 5.41) is 16.0. The van der Waals surface area contributed by atoms with Gasteiger partial charge >= 0.3 is 5.97 Å². The van der Waals surface area contributed by atoms with Gasteiger partial charge in [0, 0.05) is 36.6 Å². The van der Waals surface area contributed by atoms with E-state index in [4.69, 9.17) is 17.2 Å². The van der Waals surface area contributed by atoms with Gasteiger partial charge in [-0.25, -0.2) is 4.79 Å². The fourth-order valence-electron chi connectivity index (χ4n) is 4.91. The van der Waals surface area contributed by atoms with Gasteiger partial charge in [0.05, 0.1) is 6.04 Å². The number of aliphatic imine (C=N–C) groups is 1. The summed E-state index contributed by atoms with van der Waals surface area (Å²) in [6.07, 6.45) is 5.77. The number of carbonyl (C=O) groups excluding carboxylic acids is 3. The van der Waals surface area contributed by atoms with Crippen LogP contribution in [-0.2, 0) is 25.6 Å². The molecular formula is C27H40N8O5S. The number of hydrogen-bond donors (Lipinski definition) is 7. The van der Waals surface area contributed by atoms with Gasteiger partial charge < -0.3 is 42.8 Å². The number of nitrogens with two attached hydrogens (primary N) is 3. The smallest absolute Gasteiger partial charge is 0.326 e. The van der Waals surface area contributed by atoms with Gasteiger partial charge in [-0.05, 0) is 55.7 Å². The molecule has 0 saturated carbocycles. The van der Waals surface area contributed by atoms with Crippen LogP contribution in [0.5, 0.6) is 0 Å². The van der Waals surface area contributed by atoms with Crippen molar-refractivity contribution in [2.24, 2.45) is 22.2 Å². The standard InChI is InChI=1S/C27H40N8O5S/c1-41-13-10-18(28)23(36)34-21(14-16-15-32-19-7-3-2-6-17(16)19)25(38)35-12-5-9-22(35)24(37)33-20(26(39)40)8-4-11-31-27(29)30/h2-3,6-7,15,18,20-22,32H,4-5,8-14,28H2,1H3,(H,33,37)(H,34,36)(H,39,40)(H4,29,30,31). The Labute approximate surface area is 243 Å². The van der Waals surface area contributed by atoms with Gasteiger partial charge in [0.1, 0.15) is 18.1 Å². The molecule has 10 N–H and O–H groups in total. The van der Waals surface area contributed by atoms with E-state index in [-0.39, 0.29) is 25.3 Å². The number of fused-ring (bicyclic) bond motifs is 1. The molecule has 224 valence electrons. The number of rotatable bonds is 15. The third-order valence-corrected chi connectivity index (χ3v) is 7.73. The molecule has 14 heteroatoms. The molecule has 4 unspecified atom stereocenters. The quantitative estimate of drug-likeness (QED) is 0.0836. The van der Waals surface area contributed by atoms with Gasteiger partial charge in [-0.3, -0.25) is 19.4 Å². The van der Waals surface area contributed by atoms with Gasteiger partial charge in [0.2, 0.25) is 17.7 Å². The molecule has 1 aliphatic rings. The Morgan fingerprint density at radius 3 is 2.63 bits per heavy atom. The Kier molecular flexibility index (Phi) is 11.8. The highest BCUT2D eigenvalue weighted by molar-refractivity contribution is 7.98. The molecular weight excluding hydrogens is 548 g/mol. The SMILES string of the molecule is CSCCC(N)C(=O)NC(Cc1c[nH]c2ccccc12)C(=O)N1CCCC1C(=O)NC(CCCN=C(N)N)C(=O)O. The second-order valence-electron chi connectivity index (χ2n) is 10.1. The average molecular weight is 589 g/mol. The number of para-hydroxylation sites is 1. The van der Waals surface area contributed by atoms with Crippen LogP contribution >= 0.6 is 11.8 Å². The summed E-state index contributed by atoms with van der Waals surface area (Å²) in [4.78, 5) is 60.4. The minimum atomic E-state index is -1.19. The molecule has 0 aliphatic carbocycles. The van der Waals surface area contributed by atoms with E-state index in [1.807, 2.05) is 30.5 Å². The van der Waals surface area contributed by atoms with Crippen molar-refractivity contribution in [2.75, 3.05) is 25.1 Å². The monoisotopic (exact) mass is 588 g/mol. The third kappa shape index (κ3) is 8.85. The Balaban J connectivity index is 1.77. The molecule has 0 spiro atoms. The zero-order chi connectivity index (χ0) is 29.9. The van der Waals surface area contributed by atoms with Crippen LogP contribution in [0.3, 0.4) is 0 Å². The number of aromatic amines is 1. The molecule has 1 aromatic heterocycles. The van der Waals surface area contributed by atoms with Crippen molar-refractivity contribution in [1.29, 1.82) is 0 Å². The van der Waals surface area contributed by atoms with Crippen LogP contribution in [0.2, 0.25) is 0 Å². The number of H-pyrrole nitrogens is 1. The lowest BCUT2D eigenvalue weighted by molar-refractivity contribution is -0.145. The fraction of sp³-hybridized carbons (Fsp3) is 0.519. The van der Waals surface area contributed by atoms with Crippen molar-refractivity contribution in [2.45, 2.75) is 62.7 Å². The van der Waals surface area contributed by atoms with Crippen LogP contribution in [-0.4, -0.2) is 93.9 Å². The number of nitrogens with zero attached hydrogens (tertiary/aromatic N) is 2. The minimum absolute atomic E-state index is 0.0967. The van der Waals surface area contributed by atoms with Gasteiger partial charge in [-0.2, -0.15) is 11.8 Å². The molecule has 3 amide bonds. The van der Waals surface area contributed by atoms with Gasteiger partial charge in [0.15, 0.2) is 5.96 Å². The van der Waals surface area contributed by atoms with Crippen molar-refractivity contribution >= 4 is 52.3 Å². The molecule has 4 atom stereocenters. The van der Waals surface area contributed by atoms with Crippen LogP contribution in [0.15, 0.2) is 35.5 Å². The van der Waals surface area contributed by atoms with Crippen molar-refractivity contribution < 1.29 is 24.3 Å². The zero-order valence-corrected chi connectivity index (χ0v) is 24.0. The lowest BCUT2D eigenvalue weighted by Gasteiger charge is -2.30. The summed E-state index contributed by atoms with van der Waals surface area (Å²) in [6.45, 7) is 0.530. The summed E-state index contributed by atoms with van der Waals surface area (Å²) in [5.74, 6) is -2.01. The maximum Gasteiger partial charge on any atom is 0.326 e. The molecule has 3 rings (SSSR count). The largest absolute Gasteiger partial charge is 0.480 e. The number of carboxylic acids is 1. The number of nitrogens with one attached hydrogen (secondary N) is 3. The number of benzene rings is 1. The number of guanidine groups is 1. The summed E-state index contributed by atoms with van der Waals surface area (Å²) < 4.78 is 0. The summed E-state index contributed by atoms with van der Waals surface area (Å²) in [7, 11) is 0. The number of hydrogen-bond acceptors (Lipinski definition) is 7. The highest BCUT2D eigenvalue weighted by Gasteiger charge is 2.39. The first kappa shape index (κ1) is 31.7. The van der Waals surface area contributed by atoms with E-state index < -0.39 is 47.9 Å². The van der Waals surface area contributed by atoms with E-state index in [2.05, 4.69) is 20.6 Å². The first-order valence-corrected chi connectivity index (χ1v) is 15.0. The Bertz CT molecular complexity index is 1250. The van der Waals surface area contributed by atoms with Crippen LogP contribution in [0.4, 0.5) is 0 Å². The van der Waals surface area contributed by atoms with E-state index in [9.17, 15) is 24.3 Å². The Hall–Kier alpha value is -3.78. The minimum Gasteiger partial charge on any atom is -0.480 e. The van der Waals surface area contributed by atoms with E-state index in [0.717, 1.165) is 16.5 Å². The molecule has 0 radical (unpaired) electrons. The summed E-state index contributed by atoms with van der Waals surface area (Å²) in [5.41, 5.74) is 18.4. The van der Waals surface area contributed by atoms with Crippen molar-refractivity contribution in [3.63, 3.8) is 0 Å². The predicted octanol–water partition coefficient (Wildman–Crippen LogP) is -0.110. The van der Waals surface area contributed by atoms with Crippen molar-refractivity contribution in [3.05, 3.63) is 36.0 Å². The lowest BCUT2D eigenvalue weighted by Crippen LogP contribution is -2.57. The highest BCUT2D eigenvalue weighted by Crippen LogP contribution is 2.23. The van der Waals surface area contributed by atoms with Gasteiger partial charge in [-0.15, -0.1) is 0 Å². The number of carboxylic acid groups (broad SMARTS) is 1. The normalized spacial score (nSPS) is 17.0. The molecule has 0 bridgehead atoms. The molecule has 2 aromatic rings.